The van der Waals surface area contributed by atoms with Gasteiger partial charge in [-0.1, -0.05) is 30.7 Å². The highest BCUT2D eigenvalue weighted by Crippen LogP contribution is 2.77. The molecule has 2 aliphatic heterocycles. The predicted molar refractivity (Wildman–Crippen MR) is 82.1 cm³/mol. The topological polar surface area (TPSA) is 18.5 Å². The second kappa shape index (κ2) is 4.02. The third-order valence-electron chi connectivity index (χ3n) is 7.36. The number of hydrogen-bond acceptors (Lipinski definition) is 2. The fourth-order valence-electron chi connectivity index (χ4n) is 6.91. The summed E-state index contributed by atoms with van der Waals surface area (Å²) in [7, 11) is 0. The molecular formula is C19H26O2. The van der Waals surface area contributed by atoms with E-state index in [-0.39, 0.29) is 11.2 Å². The van der Waals surface area contributed by atoms with Crippen LogP contribution in [0, 0.1) is 10.8 Å². The Morgan fingerprint density at radius 3 is 1.48 bits per heavy atom. The highest BCUT2D eigenvalue weighted by Gasteiger charge is 2.72. The van der Waals surface area contributed by atoms with Crippen LogP contribution in [0.2, 0.25) is 0 Å². The summed E-state index contributed by atoms with van der Waals surface area (Å²) in [6.07, 6.45) is 20.8. The fourth-order valence-corrected chi connectivity index (χ4v) is 6.91. The molecule has 0 aromatic carbocycles. The Morgan fingerprint density at radius 1 is 0.619 bits per heavy atom. The van der Waals surface area contributed by atoms with Gasteiger partial charge in [-0.05, 0) is 62.2 Å². The minimum atomic E-state index is 0.168. The van der Waals surface area contributed by atoms with E-state index in [2.05, 4.69) is 24.3 Å². The van der Waals surface area contributed by atoms with Crippen LogP contribution in [-0.4, -0.2) is 24.4 Å². The second-order valence-electron chi connectivity index (χ2n) is 8.46. The Bertz CT molecular complexity index is 458. The molecular weight excluding hydrogens is 260 g/mol. The van der Waals surface area contributed by atoms with Gasteiger partial charge in [-0.15, -0.1) is 0 Å². The lowest BCUT2D eigenvalue weighted by atomic mass is 9.71. The molecule has 3 saturated carbocycles. The predicted octanol–water partition coefficient (Wildman–Crippen LogP) is 4.16. The summed E-state index contributed by atoms with van der Waals surface area (Å²) in [5.41, 5.74) is 1.37. The van der Waals surface area contributed by atoms with Crippen LogP contribution in [0.25, 0.3) is 0 Å². The van der Waals surface area contributed by atoms with E-state index in [1.165, 1.54) is 44.9 Å². The first-order valence-electron chi connectivity index (χ1n) is 8.78. The average molecular weight is 286 g/mol. The van der Waals surface area contributed by atoms with Crippen LogP contribution >= 0.6 is 0 Å². The van der Waals surface area contributed by atoms with E-state index < -0.39 is 0 Å². The number of hydrogen-bond donors (Lipinski definition) is 0. The van der Waals surface area contributed by atoms with Gasteiger partial charge in [0.1, 0.15) is 0 Å². The normalized spacial score (nSPS) is 54.5. The largest absolute Gasteiger partial charge is 0.371 e. The Balaban J connectivity index is 1.51. The van der Waals surface area contributed by atoms with E-state index in [1.807, 2.05) is 0 Å². The van der Waals surface area contributed by atoms with Crippen molar-refractivity contribution in [3.8, 4) is 0 Å². The number of ether oxygens (including phenoxy) is 2. The van der Waals surface area contributed by atoms with Crippen molar-refractivity contribution in [2.24, 2.45) is 10.8 Å². The van der Waals surface area contributed by atoms with Gasteiger partial charge >= 0.3 is 0 Å². The molecule has 2 heteroatoms. The van der Waals surface area contributed by atoms with Crippen LogP contribution in [0.3, 0.4) is 0 Å². The summed E-state index contributed by atoms with van der Waals surface area (Å²) in [5, 5.41) is 0. The quantitative estimate of drug-likeness (QED) is 0.622. The monoisotopic (exact) mass is 286 g/mol. The molecule has 2 spiro atoms. The highest BCUT2D eigenvalue weighted by atomic mass is 16.5. The summed E-state index contributed by atoms with van der Waals surface area (Å²) in [6, 6.07) is 0. The van der Waals surface area contributed by atoms with Crippen molar-refractivity contribution in [1.29, 1.82) is 0 Å². The van der Waals surface area contributed by atoms with Gasteiger partial charge < -0.3 is 9.47 Å². The smallest absolute Gasteiger partial charge is 0.0732 e. The molecule has 0 radical (unpaired) electrons. The van der Waals surface area contributed by atoms with Crippen LogP contribution in [0.15, 0.2) is 24.3 Å². The maximum atomic E-state index is 6.32. The second-order valence-corrected chi connectivity index (χ2v) is 8.46. The zero-order chi connectivity index (χ0) is 14.0. The van der Waals surface area contributed by atoms with Gasteiger partial charge in [-0.25, -0.2) is 0 Å². The molecule has 5 aliphatic rings. The van der Waals surface area contributed by atoms with Gasteiger partial charge in [0.15, 0.2) is 0 Å². The third kappa shape index (κ3) is 1.61. The molecule has 5 rings (SSSR count). The van der Waals surface area contributed by atoms with Crippen LogP contribution in [0.4, 0.5) is 0 Å². The van der Waals surface area contributed by atoms with Gasteiger partial charge in [-0.2, -0.15) is 0 Å². The zero-order valence-electron chi connectivity index (χ0n) is 12.9. The molecule has 0 amide bonds. The Hall–Kier alpha value is -0.600. The van der Waals surface area contributed by atoms with Crippen molar-refractivity contribution in [3.05, 3.63) is 24.3 Å². The molecule has 0 N–H and O–H groups in total. The highest BCUT2D eigenvalue weighted by molar-refractivity contribution is 5.25. The van der Waals surface area contributed by atoms with E-state index in [4.69, 9.17) is 9.47 Å². The van der Waals surface area contributed by atoms with Crippen LogP contribution < -0.4 is 0 Å². The van der Waals surface area contributed by atoms with E-state index in [0.29, 0.717) is 10.8 Å². The van der Waals surface area contributed by atoms with Crippen molar-refractivity contribution in [1.82, 2.24) is 0 Å². The van der Waals surface area contributed by atoms with Gasteiger partial charge in [0.05, 0.1) is 24.4 Å². The number of rotatable bonds is 0. The van der Waals surface area contributed by atoms with Gasteiger partial charge in [0, 0.05) is 0 Å². The van der Waals surface area contributed by atoms with Gasteiger partial charge in [0.2, 0.25) is 0 Å². The summed E-state index contributed by atoms with van der Waals surface area (Å²) >= 11 is 0. The molecule has 2 heterocycles. The van der Waals surface area contributed by atoms with Crippen molar-refractivity contribution in [2.75, 3.05) is 13.2 Å². The minimum absolute atomic E-state index is 0.168. The lowest BCUT2D eigenvalue weighted by molar-refractivity contribution is -0.0772. The van der Waals surface area contributed by atoms with Crippen molar-refractivity contribution in [3.63, 3.8) is 0 Å². The van der Waals surface area contributed by atoms with Gasteiger partial charge in [-0.3, -0.25) is 0 Å². The zero-order valence-corrected chi connectivity index (χ0v) is 12.9. The molecule has 0 bridgehead atoms. The molecule has 114 valence electrons. The van der Waals surface area contributed by atoms with E-state index in [9.17, 15) is 0 Å². The van der Waals surface area contributed by atoms with E-state index in [1.54, 1.807) is 0 Å². The Labute approximate surface area is 127 Å². The lowest BCUT2D eigenvalue weighted by Crippen LogP contribution is -2.39. The van der Waals surface area contributed by atoms with Crippen molar-refractivity contribution in [2.45, 2.75) is 69.0 Å². The Kier molecular flexibility index (Phi) is 2.47. The van der Waals surface area contributed by atoms with Crippen LogP contribution in [-0.2, 0) is 9.47 Å². The summed E-state index contributed by atoms with van der Waals surface area (Å²) < 4.78 is 12.6. The first-order valence-corrected chi connectivity index (χ1v) is 8.78. The molecule has 0 atom stereocenters. The van der Waals surface area contributed by atoms with E-state index in [0.717, 1.165) is 26.1 Å². The lowest BCUT2D eigenvalue weighted by Gasteiger charge is -2.39. The molecule has 2 nitrogen and oxygen atoms in total. The molecule has 0 unspecified atom stereocenters. The van der Waals surface area contributed by atoms with E-state index >= 15 is 0 Å². The summed E-state index contributed by atoms with van der Waals surface area (Å²) in [5.74, 6) is 0. The van der Waals surface area contributed by atoms with Gasteiger partial charge in [0.25, 0.3) is 0 Å². The Morgan fingerprint density at radius 2 is 1.10 bits per heavy atom. The maximum absolute atomic E-state index is 6.32. The standard InChI is InChI=1S/C19H26O2/c1-3-10-20-18(8-1)12-16-6-5-7-17(16,13-18)15-19(14-16)9-2-4-11-21-19/h1-4H,5-15H2. The summed E-state index contributed by atoms with van der Waals surface area (Å²) in [6.45, 7) is 1.66. The SMILES string of the molecule is C1=CCC2(CC34CCCC3(C2)CC2(CC=CCO2)C4)OC1. The fraction of sp³-hybridized carbons (Fsp3) is 0.789. The first-order chi connectivity index (χ1) is 10.2. The van der Waals surface area contributed by atoms with Crippen molar-refractivity contribution < 1.29 is 9.47 Å². The molecule has 0 aromatic heterocycles. The molecule has 0 saturated heterocycles. The average Bonchev–Trinajstić information content (AvgIpc) is 2.95. The first kappa shape index (κ1) is 12.9. The maximum Gasteiger partial charge on any atom is 0.0732 e. The molecule has 21 heavy (non-hydrogen) atoms. The molecule has 3 fully saturated rings. The molecule has 3 aliphatic carbocycles. The van der Waals surface area contributed by atoms with Crippen LogP contribution in [0.5, 0.6) is 0 Å². The third-order valence-corrected chi connectivity index (χ3v) is 7.36. The van der Waals surface area contributed by atoms with Crippen molar-refractivity contribution >= 4 is 0 Å². The molecule has 0 aromatic rings. The minimum Gasteiger partial charge on any atom is -0.371 e. The van der Waals surface area contributed by atoms with Crippen LogP contribution in [0.1, 0.15) is 57.8 Å². The summed E-state index contributed by atoms with van der Waals surface area (Å²) in [4.78, 5) is 0.